The van der Waals surface area contributed by atoms with Gasteiger partial charge in [-0.05, 0) is 25.0 Å². The van der Waals surface area contributed by atoms with Gasteiger partial charge in [0.15, 0.2) is 0 Å². The fourth-order valence-electron chi connectivity index (χ4n) is 2.99. The Morgan fingerprint density at radius 1 is 1.33 bits per heavy atom. The lowest BCUT2D eigenvalue weighted by Crippen LogP contribution is -2.48. The Hall–Kier alpha value is -2.44. The van der Waals surface area contributed by atoms with E-state index in [0.29, 0.717) is 30.8 Å². The molecule has 2 heterocycles. The van der Waals surface area contributed by atoms with E-state index in [1.165, 1.54) is 12.1 Å². The molecule has 1 N–H and O–H groups in total. The van der Waals surface area contributed by atoms with E-state index < -0.39 is 6.10 Å². The van der Waals surface area contributed by atoms with E-state index in [9.17, 15) is 14.0 Å². The number of halogens is 1. The third kappa shape index (κ3) is 3.72. The summed E-state index contributed by atoms with van der Waals surface area (Å²) in [6.45, 7) is 2.85. The van der Waals surface area contributed by atoms with Crippen molar-refractivity contribution >= 4 is 17.5 Å². The highest BCUT2D eigenvalue weighted by Crippen LogP contribution is 2.18. The summed E-state index contributed by atoms with van der Waals surface area (Å²) >= 11 is 0. The molecule has 0 bridgehead atoms. The van der Waals surface area contributed by atoms with Crippen LogP contribution >= 0.6 is 0 Å². The molecule has 7 heteroatoms. The van der Waals surface area contributed by atoms with Crippen molar-refractivity contribution in [3.05, 3.63) is 35.6 Å². The normalized spacial score (nSPS) is 21.2. The Kier molecular flexibility index (Phi) is 4.78. The third-order valence-electron chi connectivity index (χ3n) is 4.41. The number of piperidine rings is 1. The smallest absolute Gasteiger partial charge is 0.264 e. The van der Waals surface area contributed by atoms with Gasteiger partial charge in [0, 0.05) is 38.0 Å². The van der Waals surface area contributed by atoms with Gasteiger partial charge in [0.25, 0.3) is 5.91 Å². The number of rotatable bonds is 3. The van der Waals surface area contributed by atoms with E-state index in [-0.39, 0.29) is 23.7 Å². The fraction of sp³-hybridized carbons (Fsp3) is 0.471. The molecule has 0 radical (unpaired) electrons. The van der Waals surface area contributed by atoms with Crippen LogP contribution in [0.4, 0.5) is 4.39 Å². The van der Waals surface area contributed by atoms with Crippen LogP contribution < -0.4 is 5.32 Å². The molecule has 0 aromatic heterocycles. The first-order valence-corrected chi connectivity index (χ1v) is 8.07. The van der Waals surface area contributed by atoms with Gasteiger partial charge in [0.1, 0.15) is 5.82 Å². The molecular weight excluding hydrogens is 313 g/mol. The summed E-state index contributed by atoms with van der Waals surface area (Å²) in [7, 11) is 0. The van der Waals surface area contributed by atoms with Crippen LogP contribution in [0.5, 0.6) is 0 Å². The van der Waals surface area contributed by atoms with E-state index in [1.807, 2.05) is 0 Å². The maximum atomic E-state index is 13.3. The van der Waals surface area contributed by atoms with Gasteiger partial charge in [0.2, 0.25) is 12.0 Å². The number of nitrogens with one attached hydrogen (secondary N) is 1. The van der Waals surface area contributed by atoms with Crippen molar-refractivity contribution in [1.29, 1.82) is 0 Å². The number of carbonyl (C=O) groups excluding carboxylic acids is 2. The summed E-state index contributed by atoms with van der Waals surface area (Å²) in [6, 6.07) is 6.11. The number of carbonyl (C=O) groups is 2. The highest BCUT2D eigenvalue weighted by atomic mass is 19.1. The zero-order valence-electron chi connectivity index (χ0n) is 13.5. The van der Waals surface area contributed by atoms with Crippen LogP contribution in [0.15, 0.2) is 29.4 Å². The summed E-state index contributed by atoms with van der Waals surface area (Å²) in [5, 5.41) is 6.87. The molecule has 1 unspecified atom stereocenters. The molecule has 1 atom stereocenters. The highest BCUT2D eigenvalue weighted by molar-refractivity contribution is 6.04. The number of likely N-dealkylation sites (tertiary alicyclic amines) is 1. The number of amides is 2. The van der Waals surface area contributed by atoms with Gasteiger partial charge in [0.05, 0.1) is 5.71 Å². The number of nitrogens with zero attached hydrogens (tertiary/aromatic N) is 2. The molecule has 128 valence electrons. The van der Waals surface area contributed by atoms with Crippen molar-refractivity contribution in [2.45, 2.75) is 38.3 Å². The van der Waals surface area contributed by atoms with Gasteiger partial charge in [-0.1, -0.05) is 17.3 Å². The molecule has 0 aliphatic carbocycles. The maximum Gasteiger partial charge on any atom is 0.264 e. The SMILES string of the molecule is CC(=O)N1CCC(NC(=O)C2CC(c3cccc(F)c3)=NO2)CC1. The minimum Gasteiger partial charge on any atom is -0.382 e. The molecule has 1 aromatic rings. The van der Waals surface area contributed by atoms with Gasteiger partial charge in [-0.25, -0.2) is 4.39 Å². The number of hydrogen-bond acceptors (Lipinski definition) is 4. The van der Waals surface area contributed by atoms with E-state index in [0.717, 1.165) is 12.8 Å². The topological polar surface area (TPSA) is 71.0 Å². The van der Waals surface area contributed by atoms with Crippen molar-refractivity contribution < 1.29 is 18.8 Å². The van der Waals surface area contributed by atoms with Gasteiger partial charge in [-0.2, -0.15) is 0 Å². The van der Waals surface area contributed by atoms with E-state index >= 15 is 0 Å². The van der Waals surface area contributed by atoms with E-state index in [1.54, 1.807) is 24.0 Å². The minimum atomic E-state index is -0.686. The quantitative estimate of drug-likeness (QED) is 0.910. The van der Waals surface area contributed by atoms with Gasteiger partial charge in [-0.15, -0.1) is 0 Å². The predicted octanol–water partition coefficient (Wildman–Crippen LogP) is 1.45. The molecular formula is C17H20FN3O3. The number of benzene rings is 1. The first kappa shape index (κ1) is 16.4. The summed E-state index contributed by atoms with van der Waals surface area (Å²) in [4.78, 5) is 30.6. The summed E-state index contributed by atoms with van der Waals surface area (Å²) in [5.41, 5.74) is 1.20. The zero-order valence-corrected chi connectivity index (χ0v) is 13.5. The molecule has 2 aliphatic rings. The van der Waals surface area contributed by atoms with Crippen LogP contribution in [0.2, 0.25) is 0 Å². The molecule has 2 aliphatic heterocycles. The largest absolute Gasteiger partial charge is 0.382 e. The third-order valence-corrected chi connectivity index (χ3v) is 4.41. The number of oxime groups is 1. The molecule has 1 fully saturated rings. The first-order valence-electron chi connectivity index (χ1n) is 8.07. The fourth-order valence-corrected chi connectivity index (χ4v) is 2.99. The predicted molar refractivity (Wildman–Crippen MR) is 85.8 cm³/mol. The monoisotopic (exact) mass is 333 g/mol. The standard InChI is InChI=1S/C17H20FN3O3/c1-11(22)21-7-5-14(6-8-21)19-17(23)16-10-15(20-24-16)12-3-2-4-13(18)9-12/h2-4,9,14,16H,5-8,10H2,1H3,(H,19,23). The summed E-state index contributed by atoms with van der Waals surface area (Å²) in [6.07, 6.45) is 1.10. The highest BCUT2D eigenvalue weighted by Gasteiger charge is 2.31. The van der Waals surface area contributed by atoms with Gasteiger partial charge >= 0.3 is 0 Å². The second kappa shape index (κ2) is 6.98. The van der Waals surface area contributed by atoms with Crippen molar-refractivity contribution in [3.63, 3.8) is 0 Å². The lowest BCUT2D eigenvalue weighted by molar-refractivity contribution is -0.132. The van der Waals surface area contributed by atoms with Crippen molar-refractivity contribution in [3.8, 4) is 0 Å². The average Bonchev–Trinajstić information content (AvgIpc) is 3.05. The molecule has 0 spiro atoms. The van der Waals surface area contributed by atoms with Crippen molar-refractivity contribution in [2.24, 2.45) is 5.16 Å². The van der Waals surface area contributed by atoms with Gasteiger partial charge < -0.3 is 15.1 Å². The van der Waals surface area contributed by atoms with Crippen LogP contribution in [0.25, 0.3) is 0 Å². The molecule has 24 heavy (non-hydrogen) atoms. The lowest BCUT2D eigenvalue weighted by Gasteiger charge is -2.32. The zero-order chi connectivity index (χ0) is 17.1. The lowest BCUT2D eigenvalue weighted by atomic mass is 10.0. The Labute approximate surface area is 139 Å². The second-order valence-electron chi connectivity index (χ2n) is 6.14. The Morgan fingerprint density at radius 2 is 2.08 bits per heavy atom. The molecule has 1 aromatic carbocycles. The second-order valence-corrected chi connectivity index (χ2v) is 6.14. The van der Waals surface area contributed by atoms with Crippen LogP contribution in [0.1, 0.15) is 31.7 Å². The molecule has 6 nitrogen and oxygen atoms in total. The van der Waals surface area contributed by atoms with Crippen LogP contribution in [0.3, 0.4) is 0 Å². The Balaban J connectivity index is 1.50. The van der Waals surface area contributed by atoms with Crippen molar-refractivity contribution in [2.75, 3.05) is 13.1 Å². The van der Waals surface area contributed by atoms with Crippen LogP contribution in [-0.2, 0) is 14.4 Å². The summed E-state index contributed by atoms with van der Waals surface area (Å²) in [5.74, 6) is -0.501. The average molecular weight is 333 g/mol. The molecule has 1 saturated heterocycles. The molecule has 0 saturated carbocycles. The van der Waals surface area contributed by atoms with Crippen LogP contribution in [-0.4, -0.2) is 47.7 Å². The maximum absolute atomic E-state index is 13.3. The molecule has 2 amide bonds. The van der Waals surface area contributed by atoms with Crippen molar-refractivity contribution in [1.82, 2.24) is 10.2 Å². The Bertz CT molecular complexity index is 669. The first-order chi connectivity index (χ1) is 11.5. The van der Waals surface area contributed by atoms with E-state index in [4.69, 9.17) is 4.84 Å². The van der Waals surface area contributed by atoms with Gasteiger partial charge in [-0.3, -0.25) is 9.59 Å². The van der Waals surface area contributed by atoms with Crippen LogP contribution in [0, 0.1) is 5.82 Å². The summed E-state index contributed by atoms with van der Waals surface area (Å²) < 4.78 is 13.3. The minimum absolute atomic E-state index is 0.0370. The molecule has 3 rings (SSSR count). The number of hydrogen-bond donors (Lipinski definition) is 1. The Morgan fingerprint density at radius 3 is 2.75 bits per heavy atom. The van der Waals surface area contributed by atoms with E-state index in [2.05, 4.69) is 10.5 Å².